The zero-order valence-electron chi connectivity index (χ0n) is 13.4. The summed E-state index contributed by atoms with van der Waals surface area (Å²) in [6.07, 6.45) is 4.34. The average molecular weight is 332 g/mol. The Balaban J connectivity index is 1.62. The maximum absolute atomic E-state index is 12.2. The monoisotopic (exact) mass is 332 g/mol. The second-order valence-corrected chi connectivity index (χ2v) is 6.91. The number of thiazole rings is 1. The summed E-state index contributed by atoms with van der Waals surface area (Å²) in [7, 11) is 0. The van der Waals surface area contributed by atoms with E-state index in [1.807, 2.05) is 13.0 Å². The van der Waals surface area contributed by atoms with Crippen molar-refractivity contribution < 1.29 is 4.79 Å². The Morgan fingerprint density at radius 1 is 1.30 bits per heavy atom. The predicted octanol–water partition coefficient (Wildman–Crippen LogP) is 1.63. The number of fused-ring (bicyclic) bond motifs is 1. The fourth-order valence-corrected chi connectivity index (χ4v) is 3.92. The van der Waals surface area contributed by atoms with Gasteiger partial charge >= 0.3 is 5.69 Å². The molecule has 6 nitrogen and oxygen atoms in total. The van der Waals surface area contributed by atoms with Gasteiger partial charge < -0.3 is 5.32 Å². The topological polar surface area (TPSA) is 76.9 Å². The van der Waals surface area contributed by atoms with E-state index in [-0.39, 0.29) is 11.6 Å². The molecule has 122 valence electrons. The average Bonchev–Trinajstić information content (AvgIpc) is 2.93. The van der Waals surface area contributed by atoms with E-state index in [1.165, 1.54) is 22.6 Å². The molecule has 1 aliphatic rings. The fourth-order valence-electron chi connectivity index (χ4n) is 2.85. The Morgan fingerprint density at radius 3 is 2.83 bits per heavy atom. The van der Waals surface area contributed by atoms with Gasteiger partial charge in [-0.1, -0.05) is 0 Å². The summed E-state index contributed by atoms with van der Waals surface area (Å²) >= 11 is 1.49. The third kappa shape index (κ3) is 3.50. The molecule has 1 amide bonds. The SMILES string of the molecule is Cc1cc(C)n(CCNC(=O)c2nc3c(s2)CCCC3)c(=O)n1. The largest absolute Gasteiger partial charge is 0.348 e. The van der Waals surface area contributed by atoms with Gasteiger partial charge in [0, 0.05) is 29.4 Å². The Kier molecular flexibility index (Phi) is 4.56. The molecule has 0 unspecified atom stereocenters. The molecule has 0 spiro atoms. The van der Waals surface area contributed by atoms with Gasteiger partial charge in [0.05, 0.1) is 5.69 Å². The molecule has 0 aliphatic heterocycles. The van der Waals surface area contributed by atoms with Gasteiger partial charge in [-0.2, -0.15) is 4.98 Å². The van der Waals surface area contributed by atoms with E-state index >= 15 is 0 Å². The zero-order chi connectivity index (χ0) is 16.4. The van der Waals surface area contributed by atoms with Crippen LogP contribution >= 0.6 is 11.3 Å². The Hall–Kier alpha value is -2.02. The van der Waals surface area contributed by atoms with Gasteiger partial charge in [0.15, 0.2) is 5.01 Å². The van der Waals surface area contributed by atoms with Crippen LogP contribution in [0, 0.1) is 13.8 Å². The summed E-state index contributed by atoms with van der Waals surface area (Å²) in [5, 5.41) is 3.38. The number of hydrogen-bond acceptors (Lipinski definition) is 5. The Bertz CT molecular complexity index is 770. The van der Waals surface area contributed by atoms with Gasteiger partial charge in [-0.3, -0.25) is 9.36 Å². The molecule has 0 atom stereocenters. The van der Waals surface area contributed by atoms with Crippen molar-refractivity contribution >= 4 is 17.2 Å². The van der Waals surface area contributed by atoms with Gasteiger partial charge in [-0.15, -0.1) is 11.3 Å². The van der Waals surface area contributed by atoms with Gasteiger partial charge in [0.25, 0.3) is 5.91 Å². The molecule has 0 saturated heterocycles. The van der Waals surface area contributed by atoms with E-state index in [4.69, 9.17) is 0 Å². The number of nitrogens with zero attached hydrogens (tertiary/aromatic N) is 3. The van der Waals surface area contributed by atoms with Crippen molar-refractivity contribution in [1.29, 1.82) is 0 Å². The van der Waals surface area contributed by atoms with Crippen LogP contribution in [0.4, 0.5) is 0 Å². The second-order valence-electron chi connectivity index (χ2n) is 5.83. The van der Waals surface area contributed by atoms with Crippen LogP contribution in [-0.2, 0) is 19.4 Å². The lowest BCUT2D eigenvalue weighted by molar-refractivity contribution is 0.0951. The highest BCUT2D eigenvalue weighted by Crippen LogP contribution is 2.26. The van der Waals surface area contributed by atoms with E-state index in [9.17, 15) is 9.59 Å². The number of carbonyl (C=O) groups is 1. The van der Waals surface area contributed by atoms with Crippen molar-refractivity contribution in [2.75, 3.05) is 6.54 Å². The third-order valence-electron chi connectivity index (χ3n) is 4.01. The van der Waals surface area contributed by atoms with Crippen LogP contribution in [0.3, 0.4) is 0 Å². The maximum Gasteiger partial charge on any atom is 0.348 e. The van der Waals surface area contributed by atoms with Crippen LogP contribution in [0.5, 0.6) is 0 Å². The molecule has 0 bridgehead atoms. The maximum atomic E-state index is 12.2. The van der Waals surface area contributed by atoms with Crippen LogP contribution in [-0.4, -0.2) is 27.0 Å². The van der Waals surface area contributed by atoms with Crippen LogP contribution in [0.1, 0.15) is 44.6 Å². The molecule has 0 aromatic carbocycles. The number of carbonyl (C=O) groups excluding carboxylic acids is 1. The molecule has 23 heavy (non-hydrogen) atoms. The predicted molar refractivity (Wildman–Crippen MR) is 89.1 cm³/mol. The standard InChI is InChI=1S/C16H20N4O2S/c1-10-9-11(2)20(16(22)18-10)8-7-17-14(21)15-19-12-5-3-4-6-13(12)23-15/h9H,3-8H2,1-2H3,(H,17,21). The highest BCUT2D eigenvalue weighted by molar-refractivity contribution is 7.13. The summed E-state index contributed by atoms with van der Waals surface area (Å²) in [5.41, 5.74) is 2.37. The first-order valence-electron chi connectivity index (χ1n) is 7.86. The normalized spacial score (nSPS) is 13.7. The number of rotatable bonds is 4. The minimum absolute atomic E-state index is 0.157. The molecule has 7 heteroatoms. The van der Waals surface area contributed by atoms with Crippen LogP contribution in [0.25, 0.3) is 0 Å². The van der Waals surface area contributed by atoms with Crippen LogP contribution in [0.2, 0.25) is 0 Å². The lowest BCUT2D eigenvalue weighted by Gasteiger charge is -2.09. The van der Waals surface area contributed by atoms with Crippen molar-refractivity contribution in [1.82, 2.24) is 19.9 Å². The quantitative estimate of drug-likeness (QED) is 0.923. The first kappa shape index (κ1) is 15.9. The highest BCUT2D eigenvalue weighted by Gasteiger charge is 2.18. The molecular weight excluding hydrogens is 312 g/mol. The van der Waals surface area contributed by atoms with E-state index < -0.39 is 0 Å². The second kappa shape index (κ2) is 6.62. The molecule has 1 N–H and O–H groups in total. The summed E-state index contributed by atoms with van der Waals surface area (Å²) in [6.45, 7) is 4.46. The lowest BCUT2D eigenvalue weighted by atomic mass is 10.0. The van der Waals surface area contributed by atoms with Crippen molar-refractivity contribution in [2.45, 2.75) is 46.1 Å². The summed E-state index contributed by atoms with van der Waals surface area (Å²) in [6, 6.07) is 1.86. The molecule has 2 heterocycles. The van der Waals surface area contributed by atoms with Crippen molar-refractivity contribution in [3.05, 3.63) is 43.5 Å². The molecule has 1 aliphatic carbocycles. The highest BCUT2D eigenvalue weighted by atomic mass is 32.1. The third-order valence-corrected chi connectivity index (χ3v) is 5.16. The van der Waals surface area contributed by atoms with Crippen molar-refractivity contribution in [2.24, 2.45) is 0 Å². The molecule has 2 aromatic rings. The summed E-state index contributed by atoms with van der Waals surface area (Å²) < 4.78 is 1.57. The van der Waals surface area contributed by atoms with Gasteiger partial charge in [0.2, 0.25) is 0 Å². The Labute approximate surface area is 138 Å². The molecule has 2 aromatic heterocycles. The summed E-state index contributed by atoms with van der Waals surface area (Å²) in [5.74, 6) is -0.157. The minimum atomic E-state index is -0.276. The number of aryl methyl sites for hydroxylation is 4. The minimum Gasteiger partial charge on any atom is -0.348 e. The lowest BCUT2D eigenvalue weighted by Crippen LogP contribution is -2.33. The Morgan fingerprint density at radius 2 is 2.09 bits per heavy atom. The zero-order valence-corrected chi connectivity index (χ0v) is 14.2. The number of aromatic nitrogens is 3. The smallest absolute Gasteiger partial charge is 0.348 e. The van der Waals surface area contributed by atoms with Crippen molar-refractivity contribution in [3.63, 3.8) is 0 Å². The van der Waals surface area contributed by atoms with E-state index in [0.717, 1.165) is 30.7 Å². The molecular formula is C16H20N4O2S. The van der Waals surface area contributed by atoms with Crippen LogP contribution in [0.15, 0.2) is 10.9 Å². The number of hydrogen-bond donors (Lipinski definition) is 1. The summed E-state index contributed by atoms with van der Waals surface area (Å²) in [4.78, 5) is 33.7. The van der Waals surface area contributed by atoms with Gasteiger partial charge in [-0.25, -0.2) is 9.78 Å². The first-order chi connectivity index (χ1) is 11.0. The van der Waals surface area contributed by atoms with Gasteiger partial charge in [-0.05, 0) is 45.6 Å². The van der Waals surface area contributed by atoms with Crippen molar-refractivity contribution in [3.8, 4) is 0 Å². The molecule has 0 radical (unpaired) electrons. The van der Waals surface area contributed by atoms with E-state index in [1.54, 1.807) is 11.5 Å². The fraction of sp³-hybridized carbons (Fsp3) is 0.500. The molecule has 0 fully saturated rings. The van der Waals surface area contributed by atoms with E-state index in [2.05, 4.69) is 15.3 Å². The molecule has 0 saturated carbocycles. The first-order valence-corrected chi connectivity index (χ1v) is 8.68. The van der Waals surface area contributed by atoms with Crippen LogP contribution < -0.4 is 11.0 Å². The number of nitrogens with one attached hydrogen (secondary N) is 1. The van der Waals surface area contributed by atoms with E-state index in [0.29, 0.717) is 23.8 Å². The number of amides is 1. The molecule has 3 rings (SSSR count). The van der Waals surface area contributed by atoms with Gasteiger partial charge in [0.1, 0.15) is 0 Å².